The van der Waals surface area contributed by atoms with Crippen molar-refractivity contribution in [3.63, 3.8) is 0 Å². The Bertz CT molecular complexity index is 650. The van der Waals surface area contributed by atoms with Crippen molar-refractivity contribution in [2.75, 3.05) is 6.61 Å². The molecule has 2 aromatic rings. The predicted molar refractivity (Wildman–Crippen MR) is 77.9 cm³/mol. The molecule has 0 N–H and O–H groups in total. The number of aryl methyl sites for hydroxylation is 1. The van der Waals surface area contributed by atoms with Gasteiger partial charge in [0.15, 0.2) is 5.65 Å². The summed E-state index contributed by atoms with van der Waals surface area (Å²) >= 11 is 6.11. The number of rotatable bonds is 3. The van der Waals surface area contributed by atoms with Crippen LogP contribution in [0.5, 0.6) is 0 Å². The summed E-state index contributed by atoms with van der Waals surface area (Å²) < 4.78 is 8.20. The average Bonchev–Trinajstić information content (AvgIpc) is 3.07. The Kier molecular flexibility index (Phi) is 2.97. The van der Waals surface area contributed by atoms with Crippen molar-refractivity contribution in [3.8, 4) is 0 Å². The number of fused-ring (bicyclic) bond motifs is 1. The van der Waals surface area contributed by atoms with E-state index >= 15 is 0 Å². The lowest BCUT2D eigenvalue weighted by Crippen LogP contribution is -2.23. The second-order valence-corrected chi connectivity index (χ2v) is 6.18. The van der Waals surface area contributed by atoms with Crippen molar-refractivity contribution >= 4 is 22.8 Å². The fraction of sp³-hybridized carbons (Fsp3) is 0.600. The zero-order chi connectivity index (χ0) is 13.7. The standard InChI is InChI=1S/C15H18ClN3O/c1-9-6-11-15(17-8-9)19(13(7-16)18-11)12-4-5-20-14(12)10-2-3-10/h6,8,10,12,14H,2-5,7H2,1H3. The fourth-order valence-corrected chi connectivity index (χ4v) is 3.51. The van der Waals surface area contributed by atoms with Gasteiger partial charge in [0.05, 0.1) is 18.0 Å². The van der Waals surface area contributed by atoms with Crippen LogP contribution in [0.2, 0.25) is 0 Å². The van der Waals surface area contributed by atoms with E-state index in [2.05, 4.69) is 20.6 Å². The van der Waals surface area contributed by atoms with Crippen LogP contribution >= 0.6 is 11.6 Å². The van der Waals surface area contributed by atoms with E-state index in [1.54, 1.807) is 0 Å². The van der Waals surface area contributed by atoms with Crippen LogP contribution in [0.4, 0.5) is 0 Å². The maximum absolute atomic E-state index is 6.11. The van der Waals surface area contributed by atoms with E-state index in [0.29, 0.717) is 23.9 Å². The van der Waals surface area contributed by atoms with E-state index < -0.39 is 0 Å². The van der Waals surface area contributed by atoms with Crippen LogP contribution in [0.15, 0.2) is 12.3 Å². The molecule has 4 rings (SSSR count). The highest BCUT2D eigenvalue weighted by atomic mass is 35.5. The molecule has 20 heavy (non-hydrogen) atoms. The van der Waals surface area contributed by atoms with E-state index in [9.17, 15) is 0 Å². The quantitative estimate of drug-likeness (QED) is 0.815. The fourth-order valence-electron chi connectivity index (χ4n) is 3.32. The van der Waals surface area contributed by atoms with Gasteiger partial charge in [0.1, 0.15) is 11.3 Å². The number of halogens is 1. The summed E-state index contributed by atoms with van der Waals surface area (Å²) in [6, 6.07) is 2.42. The number of hydrogen-bond donors (Lipinski definition) is 0. The van der Waals surface area contributed by atoms with Gasteiger partial charge in [0.25, 0.3) is 0 Å². The summed E-state index contributed by atoms with van der Waals surface area (Å²) in [5, 5.41) is 0. The summed E-state index contributed by atoms with van der Waals surface area (Å²) in [6.07, 6.45) is 5.83. The average molecular weight is 292 g/mol. The summed E-state index contributed by atoms with van der Waals surface area (Å²) in [5.41, 5.74) is 3.03. The Morgan fingerprint density at radius 2 is 2.25 bits per heavy atom. The van der Waals surface area contributed by atoms with Crippen molar-refractivity contribution in [3.05, 3.63) is 23.7 Å². The molecule has 1 aliphatic heterocycles. The summed E-state index contributed by atoms with van der Waals surface area (Å²) in [6.45, 7) is 2.87. The molecular formula is C15H18ClN3O. The minimum absolute atomic E-state index is 0.317. The summed E-state index contributed by atoms with van der Waals surface area (Å²) in [5.74, 6) is 2.05. The van der Waals surface area contributed by atoms with Crippen molar-refractivity contribution < 1.29 is 4.74 Å². The number of pyridine rings is 1. The van der Waals surface area contributed by atoms with Crippen LogP contribution in [0.1, 0.15) is 36.7 Å². The van der Waals surface area contributed by atoms with Gasteiger partial charge in [0, 0.05) is 12.8 Å². The van der Waals surface area contributed by atoms with Gasteiger partial charge in [0.2, 0.25) is 0 Å². The Hall–Kier alpha value is -1.13. The molecule has 0 radical (unpaired) electrons. The van der Waals surface area contributed by atoms with Gasteiger partial charge < -0.3 is 9.30 Å². The molecule has 4 nitrogen and oxygen atoms in total. The molecule has 1 saturated carbocycles. The first kappa shape index (κ1) is 12.6. The Balaban J connectivity index is 1.84. The zero-order valence-corrected chi connectivity index (χ0v) is 12.3. The molecule has 5 heteroatoms. The monoisotopic (exact) mass is 291 g/mol. The number of imidazole rings is 1. The summed E-state index contributed by atoms with van der Waals surface area (Å²) in [7, 11) is 0. The van der Waals surface area contributed by atoms with Gasteiger partial charge >= 0.3 is 0 Å². The lowest BCUT2D eigenvalue weighted by molar-refractivity contribution is 0.0753. The molecule has 1 aliphatic carbocycles. The number of alkyl halides is 1. The highest BCUT2D eigenvalue weighted by molar-refractivity contribution is 6.16. The van der Waals surface area contributed by atoms with Crippen LogP contribution in [0, 0.1) is 12.8 Å². The van der Waals surface area contributed by atoms with E-state index in [1.165, 1.54) is 12.8 Å². The molecule has 3 heterocycles. The first-order chi connectivity index (χ1) is 9.78. The molecule has 0 bridgehead atoms. The van der Waals surface area contributed by atoms with Gasteiger partial charge in [-0.2, -0.15) is 0 Å². The molecule has 2 aliphatic rings. The molecule has 1 saturated heterocycles. The lowest BCUT2D eigenvalue weighted by Gasteiger charge is -2.21. The number of nitrogens with zero attached hydrogens (tertiary/aromatic N) is 3. The normalized spacial score (nSPS) is 26.5. The highest BCUT2D eigenvalue weighted by Crippen LogP contribution is 2.44. The van der Waals surface area contributed by atoms with E-state index in [-0.39, 0.29) is 0 Å². The molecular weight excluding hydrogens is 274 g/mol. The van der Waals surface area contributed by atoms with Crippen LogP contribution < -0.4 is 0 Å². The van der Waals surface area contributed by atoms with Gasteiger partial charge in [-0.05, 0) is 43.7 Å². The van der Waals surface area contributed by atoms with Gasteiger partial charge in [-0.3, -0.25) is 0 Å². The molecule has 0 spiro atoms. The molecule has 2 fully saturated rings. The smallest absolute Gasteiger partial charge is 0.160 e. The Morgan fingerprint density at radius 1 is 1.40 bits per heavy atom. The third-order valence-corrected chi connectivity index (χ3v) is 4.62. The summed E-state index contributed by atoms with van der Waals surface area (Å²) in [4.78, 5) is 9.26. The second kappa shape index (κ2) is 4.71. The number of hydrogen-bond acceptors (Lipinski definition) is 3. The number of ether oxygens (including phenoxy) is 1. The van der Waals surface area contributed by atoms with E-state index in [1.807, 2.05) is 13.1 Å². The highest BCUT2D eigenvalue weighted by Gasteiger charge is 2.42. The van der Waals surface area contributed by atoms with Crippen LogP contribution in [-0.4, -0.2) is 27.2 Å². The van der Waals surface area contributed by atoms with Crippen molar-refractivity contribution in [1.82, 2.24) is 14.5 Å². The van der Waals surface area contributed by atoms with Gasteiger partial charge in [-0.25, -0.2) is 9.97 Å². The molecule has 106 valence electrons. The molecule has 2 atom stereocenters. The van der Waals surface area contributed by atoms with Gasteiger partial charge in [-0.15, -0.1) is 11.6 Å². The predicted octanol–water partition coefficient (Wildman–Crippen LogP) is 3.22. The molecule has 0 amide bonds. The third-order valence-electron chi connectivity index (χ3n) is 4.38. The third kappa shape index (κ3) is 1.93. The van der Waals surface area contributed by atoms with Crippen molar-refractivity contribution in [2.24, 2.45) is 5.92 Å². The van der Waals surface area contributed by atoms with Crippen molar-refractivity contribution in [2.45, 2.75) is 44.2 Å². The first-order valence-corrected chi connectivity index (χ1v) is 7.82. The maximum Gasteiger partial charge on any atom is 0.160 e. The van der Waals surface area contributed by atoms with Crippen LogP contribution in [0.25, 0.3) is 11.2 Å². The van der Waals surface area contributed by atoms with Crippen LogP contribution in [0.3, 0.4) is 0 Å². The van der Waals surface area contributed by atoms with E-state index in [0.717, 1.165) is 35.6 Å². The Morgan fingerprint density at radius 3 is 3.00 bits per heavy atom. The maximum atomic E-state index is 6.11. The molecule has 0 aromatic carbocycles. The minimum Gasteiger partial charge on any atom is -0.376 e. The first-order valence-electron chi connectivity index (χ1n) is 7.29. The van der Waals surface area contributed by atoms with Crippen molar-refractivity contribution in [1.29, 1.82) is 0 Å². The Labute approximate surface area is 123 Å². The molecule has 2 unspecified atom stereocenters. The topological polar surface area (TPSA) is 39.9 Å². The zero-order valence-electron chi connectivity index (χ0n) is 11.6. The second-order valence-electron chi connectivity index (χ2n) is 5.92. The van der Waals surface area contributed by atoms with Gasteiger partial charge in [-0.1, -0.05) is 0 Å². The van der Waals surface area contributed by atoms with E-state index in [4.69, 9.17) is 16.3 Å². The SMILES string of the molecule is Cc1cnc2c(c1)nc(CCl)n2C1CCOC1C1CC1. The lowest BCUT2D eigenvalue weighted by atomic mass is 10.1. The number of aromatic nitrogens is 3. The largest absolute Gasteiger partial charge is 0.376 e. The minimum atomic E-state index is 0.317. The molecule has 2 aromatic heterocycles. The van der Waals surface area contributed by atoms with Crippen LogP contribution in [-0.2, 0) is 10.6 Å².